The zero-order valence-electron chi connectivity index (χ0n) is 16.2. The van der Waals surface area contributed by atoms with Crippen LogP contribution < -0.4 is 4.72 Å². The van der Waals surface area contributed by atoms with Crippen LogP contribution in [0.5, 0.6) is 0 Å². The van der Waals surface area contributed by atoms with Crippen LogP contribution in [0.4, 0.5) is 5.69 Å². The predicted molar refractivity (Wildman–Crippen MR) is 112 cm³/mol. The molecule has 28 heavy (non-hydrogen) atoms. The van der Waals surface area contributed by atoms with Gasteiger partial charge in [0.15, 0.2) is 0 Å². The number of rotatable bonds is 4. The fraction of sp³-hybridized carbons (Fsp3) is 0.350. The van der Waals surface area contributed by atoms with E-state index in [0.29, 0.717) is 40.5 Å². The molecule has 0 aromatic heterocycles. The first kappa shape index (κ1) is 20.6. The van der Waals surface area contributed by atoms with Crippen LogP contribution in [-0.2, 0) is 10.0 Å². The minimum Gasteiger partial charge on any atom is -0.336 e. The molecule has 1 aliphatic rings. The number of likely N-dealkylation sites (N-methyl/N-ethyl adjacent to an activating group) is 1. The summed E-state index contributed by atoms with van der Waals surface area (Å²) in [6.07, 6.45) is 0. The molecule has 3 rings (SSSR count). The molecular weight excluding hydrogens is 398 g/mol. The number of aryl methyl sites for hydroxylation is 2. The lowest BCUT2D eigenvalue weighted by Gasteiger charge is -2.32. The van der Waals surface area contributed by atoms with Crippen molar-refractivity contribution in [3.8, 4) is 0 Å². The van der Waals surface area contributed by atoms with Gasteiger partial charge in [-0.1, -0.05) is 17.7 Å². The monoisotopic (exact) mass is 421 g/mol. The van der Waals surface area contributed by atoms with Crippen LogP contribution in [-0.4, -0.2) is 57.4 Å². The number of anilines is 1. The highest BCUT2D eigenvalue weighted by atomic mass is 35.5. The zero-order valence-corrected chi connectivity index (χ0v) is 17.8. The molecule has 1 saturated heterocycles. The molecule has 0 unspecified atom stereocenters. The number of amides is 1. The number of piperazine rings is 1. The standard InChI is InChI=1S/C20H24ClN3O3S/c1-14-12-19(15(2)11-18(14)21)28(26,27)22-17-6-4-5-16(13-17)20(25)24-9-7-23(3)8-10-24/h4-6,11-13,22H,7-10H2,1-3H3. The largest absolute Gasteiger partial charge is 0.336 e. The second-order valence-corrected chi connectivity index (χ2v) is 9.21. The second-order valence-electron chi connectivity index (χ2n) is 7.15. The van der Waals surface area contributed by atoms with Crippen LogP contribution >= 0.6 is 11.6 Å². The van der Waals surface area contributed by atoms with E-state index in [2.05, 4.69) is 9.62 Å². The van der Waals surface area contributed by atoms with E-state index in [0.717, 1.165) is 13.1 Å². The summed E-state index contributed by atoms with van der Waals surface area (Å²) < 4.78 is 28.3. The minimum atomic E-state index is -3.80. The van der Waals surface area contributed by atoms with E-state index in [9.17, 15) is 13.2 Å². The number of benzene rings is 2. The SMILES string of the molecule is Cc1cc(S(=O)(=O)Nc2cccc(C(=O)N3CCN(C)CC3)c2)c(C)cc1Cl. The van der Waals surface area contributed by atoms with Gasteiger partial charge in [-0.05, 0) is 62.4 Å². The summed E-state index contributed by atoms with van der Waals surface area (Å²) in [6.45, 7) is 6.44. The Balaban J connectivity index is 1.83. The molecule has 1 amide bonds. The van der Waals surface area contributed by atoms with Gasteiger partial charge in [-0.2, -0.15) is 0 Å². The third-order valence-electron chi connectivity index (χ3n) is 4.90. The maximum atomic E-state index is 12.8. The van der Waals surface area contributed by atoms with E-state index >= 15 is 0 Å². The van der Waals surface area contributed by atoms with Crippen molar-refractivity contribution < 1.29 is 13.2 Å². The Hall–Kier alpha value is -2.09. The molecule has 1 N–H and O–H groups in total. The Labute approximate surface area is 171 Å². The molecule has 1 fully saturated rings. The number of hydrogen-bond acceptors (Lipinski definition) is 4. The quantitative estimate of drug-likeness (QED) is 0.823. The third kappa shape index (κ3) is 4.48. The molecule has 150 valence electrons. The second kappa shape index (κ2) is 8.11. The highest BCUT2D eigenvalue weighted by Gasteiger charge is 2.22. The van der Waals surface area contributed by atoms with Gasteiger partial charge in [0.2, 0.25) is 0 Å². The number of nitrogens with one attached hydrogen (secondary N) is 1. The fourth-order valence-electron chi connectivity index (χ4n) is 3.16. The van der Waals surface area contributed by atoms with Crippen molar-refractivity contribution >= 4 is 33.2 Å². The smallest absolute Gasteiger partial charge is 0.262 e. The first-order valence-corrected chi connectivity index (χ1v) is 10.9. The zero-order chi connectivity index (χ0) is 20.5. The molecule has 0 spiro atoms. The Morgan fingerprint density at radius 2 is 1.71 bits per heavy atom. The van der Waals surface area contributed by atoms with E-state index in [1.807, 2.05) is 7.05 Å². The topological polar surface area (TPSA) is 69.7 Å². The van der Waals surface area contributed by atoms with Crippen molar-refractivity contribution in [3.63, 3.8) is 0 Å². The van der Waals surface area contributed by atoms with E-state index < -0.39 is 10.0 Å². The van der Waals surface area contributed by atoms with Crippen molar-refractivity contribution in [2.45, 2.75) is 18.7 Å². The van der Waals surface area contributed by atoms with E-state index in [1.165, 1.54) is 0 Å². The van der Waals surface area contributed by atoms with Crippen molar-refractivity contribution in [1.29, 1.82) is 0 Å². The average Bonchev–Trinajstić information content (AvgIpc) is 2.64. The summed E-state index contributed by atoms with van der Waals surface area (Å²) in [4.78, 5) is 16.9. The summed E-state index contributed by atoms with van der Waals surface area (Å²) in [5.74, 6) is -0.0901. The number of carbonyl (C=O) groups excluding carboxylic acids is 1. The lowest BCUT2D eigenvalue weighted by atomic mass is 10.1. The highest BCUT2D eigenvalue weighted by Crippen LogP contribution is 2.26. The number of halogens is 1. The van der Waals surface area contributed by atoms with Crippen molar-refractivity contribution in [2.75, 3.05) is 37.9 Å². The molecule has 1 heterocycles. The van der Waals surface area contributed by atoms with Gasteiger partial charge in [0.25, 0.3) is 15.9 Å². The Kier molecular flexibility index (Phi) is 5.98. The van der Waals surface area contributed by atoms with E-state index in [1.54, 1.807) is 55.1 Å². The van der Waals surface area contributed by atoms with Gasteiger partial charge < -0.3 is 9.80 Å². The number of sulfonamides is 1. The van der Waals surface area contributed by atoms with Crippen LogP contribution in [0.2, 0.25) is 5.02 Å². The van der Waals surface area contributed by atoms with E-state index in [4.69, 9.17) is 11.6 Å². The summed E-state index contributed by atoms with van der Waals surface area (Å²) in [7, 11) is -1.77. The average molecular weight is 422 g/mol. The lowest BCUT2D eigenvalue weighted by Crippen LogP contribution is -2.47. The predicted octanol–water partition coefficient (Wildman–Crippen LogP) is 3.15. The van der Waals surface area contributed by atoms with Gasteiger partial charge in [-0.25, -0.2) is 8.42 Å². The summed E-state index contributed by atoms with van der Waals surface area (Å²) in [5, 5.41) is 0.524. The van der Waals surface area contributed by atoms with Crippen LogP contribution in [0.1, 0.15) is 21.5 Å². The normalized spacial score (nSPS) is 15.5. The van der Waals surface area contributed by atoms with Crippen molar-refractivity contribution in [1.82, 2.24) is 9.80 Å². The summed E-state index contributed by atoms with van der Waals surface area (Å²) in [6, 6.07) is 9.79. The van der Waals surface area contributed by atoms with Crippen molar-refractivity contribution in [3.05, 3.63) is 58.1 Å². The number of nitrogens with zero attached hydrogens (tertiary/aromatic N) is 2. The molecule has 8 heteroatoms. The van der Waals surface area contributed by atoms with Gasteiger partial charge in [0.05, 0.1) is 4.90 Å². The minimum absolute atomic E-state index is 0.0901. The highest BCUT2D eigenvalue weighted by molar-refractivity contribution is 7.92. The summed E-state index contributed by atoms with van der Waals surface area (Å²) in [5.41, 5.74) is 2.07. The number of hydrogen-bond donors (Lipinski definition) is 1. The van der Waals surface area contributed by atoms with Crippen molar-refractivity contribution in [2.24, 2.45) is 0 Å². The maximum absolute atomic E-state index is 12.8. The van der Waals surface area contributed by atoms with Gasteiger partial charge in [0.1, 0.15) is 0 Å². The molecule has 2 aromatic rings. The van der Waals surface area contributed by atoms with Crippen LogP contribution in [0.15, 0.2) is 41.3 Å². The first-order chi connectivity index (χ1) is 13.2. The lowest BCUT2D eigenvalue weighted by molar-refractivity contribution is 0.0664. The Bertz CT molecular complexity index is 1000. The molecule has 0 radical (unpaired) electrons. The molecule has 6 nitrogen and oxygen atoms in total. The molecule has 0 atom stereocenters. The van der Waals surface area contributed by atoms with Crippen LogP contribution in [0.25, 0.3) is 0 Å². The molecule has 0 bridgehead atoms. The van der Waals surface area contributed by atoms with Gasteiger partial charge in [-0.3, -0.25) is 9.52 Å². The Morgan fingerprint density at radius 1 is 1.04 bits per heavy atom. The van der Waals surface area contributed by atoms with Crippen LogP contribution in [0.3, 0.4) is 0 Å². The summed E-state index contributed by atoms with van der Waals surface area (Å²) >= 11 is 6.07. The molecule has 1 aliphatic heterocycles. The molecule has 0 aliphatic carbocycles. The molecule has 0 saturated carbocycles. The van der Waals surface area contributed by atoms with Gasteiger partial charge >= 0.3 is 0 Å². The van der Waals surface area contributed by atoms with Crippen LogP contribution in [0, 0.1) is 13.8 Å². The van der Waals surface area contributed by atoms with E-state index in [-0.39, 0.29) is 10.8 Å². The Morgan fingerprint density at radius 3 is 2.39 bits per heavy atom. The molecular formula is C20H24ClN3O3S. The maximum Gasteiger partial charge on any atom is 0.262 e. The van der Waals surface area contributed by atoms with Gasteiger partial charge in [0, 0.05) is 42.5 Å². The number of carbonyl (C=O) groups is 1. The third-order valence-corrected chi connectivity index (χ3v) is 6.83. The first-order valence-electron chi connectivity index (χ1n) is 9.05. The van der Waals surface area contributed by atoms with Gasteiger partial charge in [-0.15, -0.1) is 0 Å². The fourth-order valence-corrected chi connectivity index (χ4v) is 4.74. The molecule has 2 aromatic carbocycles.